The topological polar surface area (TPSA) is 108 Å². The molecule has 0 fully saturated rings. The van der Waals surface area contributed by atoms with Crippen LogP contribution in [0, 0.1) is 0 Å². The van der Waals surface area contributed by atoms with Gasteiger partial charge in [0.15, 0.2) is 28.1 Å². The van der Waals surface area contributed by atoms with Crippen molar-refractivity contribution in [2.75, 3.05) is 24.2 Å². The zero-order valence-corrected chi connectivity index (χ0v) is 16.3. The van der Waals surface area contributed by atoms with E-state index in [0.717, 1.165) is 0 Å². The molecule has 30 heavy (non-hydrogen) atoms. The number of nitrogens with zero attached hydrogens (tertiary/aromatic N) is 1. The Kier molecular flexibility index (Phi) is 4.60. The van der Waals surface area contributed by atoms with E-state index in [1.54, 1.807) is 41.8 Å². The first-order valence-electron chi connectivity index (χ1n) is 8.99. The number of aromatic nitrogens is 1. The number of hydrogen-bond donors (Lipinski definition) is 2. The second kappa shape index (κ2) is 7.56. The van der Waals surface area contributed by atoms with Gasteiger partial charge >= 0.3 is 0 Å². The second-order valence-corrected chi connectivity index (χ2v) is 7.32. The average molecular weight is 425 g/mol. The molecular weight excluding hydrogens is 410 g/mol. The van der Waals surface area contributed by atoms with Crippen molar-refractivity contribution in [3.05, 3.63) is 53.0 Å². The van der Waals surface area contributed by atoms with Crippen molar-refractivity contribution in [3.63, 3.8) is 0 Å². The fraction of sp³-hybridized carbons (Fsp3) is 0.150. The predicted octanol–water partition coefficient (Wildman–Crippen LogP) is 3.03. The molecule has 10 heteroatoms. The molecule has 0 atom stereocenters. The van der Waals surface area contributed by atoms with Crippen molar-refractivity contribution in [2.24, 2.45) is 0 Å². The summed E-state index contributed by atoms with van der Waals surface area (Å²) in [5.74, 6) is 1.83. The standard InChI is InChI=1S/C20H15N3O6S/c24-18(21-12-2-4-15-17(6-12)29-10-27-15)7-13-8-30-20(22-13)23-19(25)11-1-3-14-16(5-11)28-9-26-14/h1-6,8H,7,9-10H2,(H,21,24)(H,22,23,25). The third kappa shape index (κ3) is 3.72. The number of hydrogen-bond acceptors (Lipinski definition) is 8. The first-order valence-corrected chi connectivity index (χ1v) is 9.87. The molecule has 2 aromatic carbocycles. The van der Waals surface area contributed by atoms with Gasteiger partial charge in [0.05, 0.1) is 12.1 Å². The largest absolute Gasteiger partial charge is 0.454 e. The van der Waals surface area contributed by atoms with Gasteiger partial charge in [-0.1, -0.05) is 0 Å². The molecule has 3 heterocycles. The highest BCUT2D eigenvalue weighted by molar-refractivity contribution is 7.14. The van der Waals surface area contributed by atoms with Crippen LogP contribution in [0.25, 0.3) is 0 Å². The molecule has 0 saturated carbocycles. The van der Waals surface area contributed by atoms with Crippen molar-refractivity contribution >= 4 is 34.0 Å². The van der Waals surface area contributed by atoms with Crippen LogP contribution in [0.4, 0.5) is 10.8 Å². The van der Waals surface area contributed by atoms with Crippen LogP contribution in [0.5, 0.6) is 23.0 Å². The Morgan fingerprint density at radius 3 is 2.40 bits per heavy atom. The van der Waals surface area contributed by atoms with Crippen LogP contribution in [0.3, 0.4) is 0 Å². The molecular formula is C20H15N3O6S. The highest BCUT2D eigenvalue weighted by atomic mass is 32.1. The van der Waals surface area contributed by atoms with Crippen LogP contribution >= 0.6 is 11.3 Å². The van der Waals surface area contributed by atoms with Crippen molar-refractivity contribution < 1.29 is 28.5 Å². The van der Waals surface area contributed by atoms with Crippen LogP contribution < -0.4 is 29.6 Å². The molecule has 0 radical (unpaired) electrons. The van der Waals surface area contributed by atoms with E-state index >= 15 is 0 Å². The molecule has 3 aromatic rings. The Bertz CT molecular complexity index is 1150. The predicted molar refractivity (Wildman–Crippen MR) is 108 cm³/mol. The van der Waals surface area contributed by atoms with E-state index < -0.39 is 0 Å². The summed E-state index contributed by atoms with van der Waals surface area (Å²) in [5, 5.41) is 7.66. The zero-order chi connectivity index (χ0) is 20.5. The van der Waals surface area contributed by atoms with Gasteiger partial charge in [0.25, 0.3) is 5.91 Å². The van der Waals surface area contributed by atoms with Crippen molar-refractivity contribution in [2.45, 2.75) is 6.42 Å². The Balaban J connectivity index is 1.19. The van der Waals surface area contributed by atoms with Gasteiger partial charge in [0, 0.05) is 22.7 Å². The molecule has 1 aromatic heterocycles. The number of anilines is 2. The molecule has 2 aliphatic rings. The molecule has 2 amide bonds. The summed E-state index contributed by atoms with van der Waals surface area (Å²) in [5.41, 5.74) is 1.59. The Hall–Kier alpha value is -3.79. The summed E-state index contributed by atoms with van der Waals surface area (Å²) < 4.78 is 21.1. The van der Waals surface area contributed by atoms with E-state index in [2.05, 4.69) is 15.6 Å². The highest BCUT2D eigenvalue weighted by Gasteiger charge is 2.18. The maximum absolute atomic E-state index is 12.4. The molecule has 0 spiro atoms. The Labute approximate surface area is 174 Å². The lowest BCUT2D eigenvalue weighted by Crippen LogP contribution is -2.15. The third-order valence-corrected chi connectivity index (χ3v) is 5.21. The number of amides is 2. The maximum atomic E-state index is 12.4. The van der Waals surface area contributed by atoms with Gasteiger partial charge in [0.1, 0.15) is 0 Å². The summed E-state index contributed by atoms with van der Waals surface area (Å²) in [6.07, 6.45) is 0.0742. The van der Waals surface area contributed by atoms with E-state index in [9.17, 15) is 9.59 Å². The molecule has 0 bridgehead atoms. The minimum Gasteiger partial charge on any atom is -0.454 e. The van der Waals surface area contributed by atoms with Gasteiger partial charge in [-0.05, 0) is 30.3 Å². The van der Waals surface area contributed by atoms with Crippen LogP contribution in [0.1, 0.15) is 16.1 Å². The number of thiazole rings is 1. The zero-order valence-electron chi connectivity index (χ0n) is 15.5. The van der Waals surface area contributed by atoms with Crippen LogP contribution in [-0.2, 0) is 11.2 Å². The number of carbonyl (C=O) groups is 2. The Morgan fingerprint density at radius 1 is 0.900 bits per heavy atom. The van der Waals surface area contributed by atoms with E-state index in [-0.39, 0.29) is 31.8 Å². The van der Waals surface area contributed by atoms with Gasteiger partial charge in [-0.3, -0.25) is 14.9 Å². The second-order valence-electron chi connectivity index (χ2n) is 6.46. The SMILES string of the molecule is O=C(Cc1csc(NC(=O)c2ccc3c(c2)OCO3)n1)Nc1ccc2c(c1)OCO2. The van der Waals surface area contributed by atoms with Gasteiger partial charge in [0.2, 0.25) is 19.5 Å². The average Bonchev–Trinajstić information content (AvgIpc) is 3.47. The molecule has 152 valence electrons. The number of carbonyl (C=O) groups excluding carboxylic acids is 2. The summed E-state index contributed by atoms with van der Waals surface area (Å²) in [6.45, 7) is 0.316. The van der Waals surface area contributed by atoms with Gasteiger partial charge in [-0.15, -0.1) is 11.3 Å². The fourth-order valence-corrected chi connectivity index (χ4v) is 3.70. The number of ether oxygens (including phenoxy) is 4. The van der Waals surface area contributed by atoms with Gasteiger partial charge < -0.3 is 24.3 Å². The minimum atomic E-state index is -0.320. The maximum Gasteiger partial charge on any atom is 0.257 e. The van der Waals surface area contributed by atoms with E-state index in [4.69, 9.17) is 18.9 Å². The molecule has 2 N–H and O–H groups in total. The fourth-order valence-electron chi connectivity index (χ4n) is 3.00. The monoisotopic (exact) mass is 425 g/mol. The van der Waals surface area contributed by atoms with Gasteiger partial charge in [-0.2, -0.15) is 0 Å². The number of benzene rings is 2. The van der Waals surface area contributed by atoms with Gasteiger partial charge in [-0.25, -0.2) is 4.98 Å². The smallest absolute Gasteiger partial charge is 0.257 e. The first kappa shape index (κ1) is 18.3. The van der Waals surface area contributed by atoms with Crippen LogP contribution in [0.15, 0.2) is 41.8 Å². The molecule has 9 nitrogen and oxygen atoms in total. The lowest BCUT2D eigenvalue weighted by molar-refractivity contribution is -0.115. The summed E-state index contributed by atoms with van der Waals surface area (Å²) >= 11 is 1.25. The molecule has 0 aliphatic carbocycles. The molecule has 2 aliphatic heterocycles. The quantitative estimate of drug-likeness (QED) is 0.647. The van der Waals surface area contributed by atoms with E-state index in [0.29, 0.717) is 45.1 Å². The number of fused-ring (bicyclic) bond motifs is 2. The van der Waals surface area contributed by atoms with Crippen LogP contribution in [0.2, 0.25) is 0 Å². The van der Waals surface area contributed by atoms with E-state index in [1.165, 1.54) is 11.3 Å². The minimum absolute atomic E-state index is 0.0742. The summed E-state index contributed by atoms with van der Waals surface area (Å²) in [4.78, 5) is 29.1. The Morgan fingerprint density at radius 2 is 1.60 bits per heavy atom. The normalized spacial score (nSPS) is 13.2. The lowest BCUT2D eigenvalue weighted by Gasteiger charge is -2.05. The first-order chi connectivity index (χ1) is 14.6. The third-order valence-electron chi connectivity index (χ3n) is 4.40. The number of nitrogens with one attached hydrogen (secondary N) is 2. The molecule has 0 unspecified atom stereocenters. The van der Waals surface area contributed by atoms with Crippen molar-refractivity contribution in [1.29, 1.82) is 0 Å². The van der Waals surface area contributed by atoms with Crippen molar-refractivity contribution in [3.8, 4) is 23.0 Å². The molecule has 0 saturated heterocycles. The van der Waals surface area contributed by atoms with Crippen molar-refractivity contribution in [1.82, 2.24) is 4.98 Å². The lowest BCUT2D eigenvalue weighted by atomic mass is 10.2. The van der Waals surface area contributed by atoms with Crippen LogP contribution in [-0.4, -0.2) is 30.4 Å². The molecule has 5 rings (SSSR count). The summed E-state index contributed by atoms with van der Waals surface area (Å²) in [7, 11) is 0. The summed E-state index contributed by atoms with van der Waals surface area (Å²) in [6, 6.07) is 10.1. The van der Waals surface area contributed by atoms with E-state index in [1.807, 2.05) is 0 Å². The number of rotatable bonds is 5. The highest BCUT2D eigenvalue weighted by Crippen LogP contribution is 2.34.